The molecule has 0 aromatic carbocycles. The number of rotatable bonds is 2. The van der Waals surface area contributed by atoms with Crippen LogP contribution in [0, 0.1) is 0 Å². The molecule has 0 amide bonds. The largest absolute Gasteiger partial charge is 0.468 e. The molecule has 0 saturated carbocycles. The Labute approximate surface area is 105 Å². The molecule has 4 nitrogen and oxygen atoms in total. The number of hydrogen-bond donors (Lipinski definition) is 0. The lowest BCUT2D eigenvalue weighted by atomic mass is 10.0. The number of ether oxygens (including phenoxy) is 1. The van der Waals surface area contributed by atoms with Crippen molar-refractivity contribution in [2.75, 3.05) is 26.7 Å². The molecule has 1 saturated heterocycles. The van der Waals surface area contributed by atoms with Crippen LogP contribution >= 0.6 is 0 Å². The minimum Gasteiger partial charge on any atom is -0.468 e. The summed E-state index contributed by atoms with van der Waals surface area (Å²) >= 11 is 0. The summed E-state index contributed by atoms with van der Waals surface area (Å²) in [6.45, 7) is 13.5. The standard InChI is InChI=1S/C13H26N2O2/c1-10(2)15-8-7-14(13(3,4)5)9-11(15)12(16)17-6/h10-11H,7-9H2,1-6H3/t11-/m0/s1. The molecule has 1 aliphatic rings. The summed E-state index contributed by atoms with van der Waals surface area (Å²) in [5, 5.41) is 0. The summed E-state index contributed by atoms with van der Waals surface area (Å²) in [7, 11) is 1.47. The van der Waals surface area contributed by atoms with Crippen LogP contribution in [0.3, 0.4) is 0 Å². The van der Waals surface area contributed by atoms with Crippen LogP contribution in [-0.4, -0.2) is 60.1 Å². The van der Waals surface area contributed by atoms with Crippen LogP contribution in [0.1, 0.15) is 34.6 Å². The van der Waals surface area contributed by atoms with E-state index in [4.69, 9.17) is 4.74 Å². The lowest BCUT2D eigenvalue weighted by Gasteiger charge is -2.46. The van der Waals surface area contributed by atoms with Crippen LogP contribution in [0.25, 0.3) is 0 Å². The normalized spacial score (nSPS) is 24.1. The summed E-state index contributed by atoms with van der Waals surface area (Å²) in [6, 6.07) is 0.245. The predicted octanol–water partition coefficient (Wildman–Crippen LogP) is 1.35. The molecule has 1 heterocycles. The second kappa shape index (κ2) is 5.36. The van der Waals surface area contributed by atoms with Crippen molar-refractivity contribution >= 4 is 5.97 Å². The van der Waals surface area contributed by atoms with Gasteiger partial charge in [-0.1, -0.05) is 0 Å². The maximum Gasteiger partial charge on any atom is 0.324 e. The molecule has 4 heteroatoms. The summed E-state index contributed by atoms with van der Waals surface area (Å²) in [5.41, 5.74) is 0.106. The maximum absolute atomic E-state index is 11.9. The fraction of sp³-hybridized carbons (Fsp3) is 0.923. The van der Waals surface area contributed by atoms with Gasteiger partial charge in [-0.15, -0.1) is 0 Å². The monoisotopic (exact) mass is 242 g/mol. The Morgan fingerprint density at radius 2 is 1.88 bits per heavy atom. The predicted molar refractivity (Wildman–Crippen MR) is 69.0 cm³/mol. The highest BCUT2D eigenvalue weighted by molar-refractivity contribution is 5.76. The molecular weight excluding hydrogens is 216 g/mol. The number of esters is 1. The first-order valence-corrected chi connectivity index (χ1v) is 6.36. The number of hydrogen-bond acceptors (Lipinski definition) is 4. The van der Waals surface area contributed by atoms with E-state index in [0.29, 0.717) is 6.04 Å². The molecule has 0 bridgehead atoms. The number of carbonyl (C=O) groups is 1. The zero-order valence-electron chi connectivity index (χ0n) is 12.0. The highest BCUT2D eigenvalue weighted by Crippen LogP contribution is 2.21. The van der Waals surface area contributed by atoms with Crippen LogP contribution in [0.15, 0.2) is 0 Å². The molecule has 1 aliphatic heterocycles. The molecule has 0 aromatic heterocycles. The van der Waals surface area contributed by atoms with E-state index in [0.717, 1.165) is 19.6 Å². The van der Waals surface area contributed by atoms with Crippen molar-refractivity contribution in [3.8, 4) is 0 Å². The van der Waals surface area contributed by atoms with E-state index >= 15 is 0 Å². The van der Waals surface area contributed by atoms with Crippen LogP contribution in [0.2, 0.25) is 0 Å². The van der Waals surface area contributed by atoms with E-state index in [1.165, 1.54) is 7.11 Å². The van der Waals surface area contributed by atoms with Gasteiger partial charge in [-0.3, -0.25) is 14.6 Å². The van der Waals surface area contributed by atoms with E-state index in [1.807, 2.05) is 0 Å². The molecule has 100 valence electrons. The fourth-order valence-electron chi connectivity index (χ4n) is 2.37. The van der Waals surface area contributed by atoms with Crippen molar-refractivity contribution in [1.29, 1.82) is 0 Å². The van der Waals surface area contributed by atoms with Crippen LogP contribution in [0.5, 0.6) is 0 Å². The maximum atomic E-state index is 11.9. The Morgan fingerprint density at radius 1 is 1.29 bits per heavy atom. The Kier molecular flexibility index (Phi) is 4.55. The SMILES string of the molecule is COC(=O)[C@@H]1CN(C(C)(C)C)CCN1C(C)C. The van der Waals surface area contributed by atoms with Gasteiger partial charge in [0.1, 0.15) is 6.04 Å². The minimum absolute atomic E-state index is 0.106. The Bertz CT molecular complexity index is 271. The van der Waals surface area contributed by atoms with Crippen molar-refractivity contribution in [2.45, 2.75) is 52.2 Å². The number of methoxy groups -OCH3 is 1. The molecule has 0 aliphatic carbocycles. The summed E-state index contributed by atoms with van der Waals surface area (Å²) < 4.78 is 4.92. The molecule has 17 heavy (non-hydrogen) atoms. The summed E-state index contributed by atoms with van der Waals surface area (Å²) in [4.78, 5) is 16.4. The van der Waals surface area contributed by atoms with Crippen LogP contribution < -0.4 is 0 Å². The average molecular weight is 242 g/mol. The van der Waals surface area contributed by atoms with Gasteiger partial charge in [0.15, 0.2) is 0 Å². The van der Waals surface area contributed by atoms with Gasteiger partial charge in [0.2, 0.25) is 0 Å². The van der Waals surface area contributed by atoms with E-state index in [-0.39, 0.29) is 17.6 Å². The molecule has 0 radical (unpaired) electrons. The molecular formula is C13H26N2O2. The van der Waals surface area contributed by atoms with Gasteiger partial charge in [0, 0.05) is 31.2 Å². The molecule has 0 unspecified atom stereocenters. The van der Waals surface area contributed by atoms with Gasteiger partial charge in [-0.05, 0) is 34.6 Å². The summed E-state index contributed by atoms with van der Waals surface area (Å²) in [5.74, 6) is -0.118. The first kappa shape index (κ1) is 14.5. The molecule has 1 fully saturated rings. The van der Waals surface area contributed by atoms with E-state index < -0.39 is 0 Å². The van der Waals surface area contributed by atoms with Crippen LogP contribution in [0.4, 0.5) is 0 Å². The second-order valence-electron chi connectivity index (χ2n) is 5.99. The first-order chi connectivity index (χ1) is 7.77. The highest BCUT2D eigenvalue weighted by Gasteiger charge is 2.37. The third-order valence-corrected chi connectivity index (χ3v) is 3.51. The molecule has 1 rings (SSSR count). The smallest absolute Gasteiger partial charge is 0.324 e. The Hall–Kier alpha value is -0.610. The first-order valence-electron chi connectivity index (χ1n) is 6.36. The van der Waals surface area contributed by atoms with Crippen molar-refractivity contribution in [3.63, 3.8) is 0 Å². The Morgan fingerprint density at radius 3 is 2.29 bits per heavy atom. The number of carbonyl (C=O) groups excluding carboxylic acids is 1. The zero-order chi connectivity index (χ0) is 13.2. The molecule has 0 aromatic rings. The van der Waals surface area contributed by atoms with Gasteiger partial charge in [-0.2, -0.15) is 0 Å². The average Bonchev–Trinajstić information content (AvgIpc) is 2.25. The zero-order valence-corrected chi connectivity index (χ0v) is 12.0. The third-order valence-electron chi connectivity index (χ3n) is 3.51. The lowest BCUT2D eigenvalue weighted by molar-refractivity contribution is -0.151. The second-order valence-corrected chi connectivity index (χ2v) is 5.99. The summed E-state index contributed by atoms with van der Waals surface area (Å²) in [6.07, 6.45) is 0. The minimum atomic E-state index is -0.132. The number of nitrogens with zero attached hydrogens (tertiary/aromatic N) is 2. The molecule has 1 atom stereocenters. The van der Waals surface area contributed by atoms with E-state index in [1.54, 1.807) is 0 Å². The van der Waals surface area contributed by atoms with Gasteiger partial charge in [-0.25, -0.2) is 0 Å². The van der Waals surface area contributed by atoms with Gasteiger partial charge in [0.25, 0.3) is 0 Å². The van der Waals surface area contributed by atoms with Gasteiger partial charge < -0.3 is 4.74 Å². The number of piperazine rings is 1. The van der Waals surface area contributed by atoms with E-state index in [9.17, 15) is 4.79 Å². The Balaban J connectivity index is 2.80. The van der Waals surface area contributed by atoms with E-state index in [2.05, 4.69) is 44.4 Å². The lowest BCUT2D eigenvalue weighted by Crippen LogP contribution is -2.62. The fourth-order valence-corrected chi connectivity index (χ4v) is 2.37. The van der Waals surface area contributed by atoms with Crippen molar-refractivity contribution in [3.05, 3.63) is 0 Å². The van der Waals surface area contributed by atoms with Crippen LogP contribution in [-0.2, 0) is 9.53 Å². The quantitative estimate of drug-likeness (QED) is 0.684. The molecule has 0 spiro atoms. The van der Waals surface area contributed by atoms with Gasteiger partial charge in [0.05, 0.1) is 7.11 Å². The topological polar surface area (TPSA) is 32.8 Å². The van der Waals surface area contributed by atoms with Crippen molar-refractivity contribution in [2.24, 2.45) is 0 Å². The third kappa shape index (κ3) is 3.42. The molecule has 0 N–H and O–H groups in total. The highest BCUT2D eigenvalue weighted by atomic mass is 16.5. The van der Waals surface area contributed by atoms with Crippen molar-refractivity contribution < 1.29 is 9.53 Å². The van der Waals surface area contributed by atoms with Crippen molar-refractivity contribution in [1.82, 2.24) is 9.80 Å². The van der Waals surface area contributed by atoms with Gasteiger partial charge >= 0.3 is 5.97 Å².